The quantitative estimate of drug-likeness (QED) is 0.241. The number of para-hydroxylation sites is 1. The summed E-state index contributed by atoms with van der Waals surface area (Å²) in [5.74, 6) is 0. The molecule has 31 heavy (non-hydrogen) atoms. The second kappa shape index (κ2) is 8.22. The molecule has 0 aliphatic carbocycles. The van der Waals surface area contributed by atoms with E-state index in [0.717, 1.165) is 0 Å². The number of nitro groups is 2. The predicted octanol–water partition coefficient (Wildman–Crippen LogP) is 6.93. The van der Waals surface area contributed by atoms with Crippen molar-refractivity contribution >= 4 is 34.6 Å². The van der Waals surface area contributed by atoms with Gasteiger partial charge in [0.25, 0.3) is 11.4 Å². The largest absolute Gasteiger partial charge is 0.309 e. The normalized spacial score (nSPS) is 10.8. The van der Waals surface area contributed by atoms with E-state index >= 15 is 0 Å². The lowest BCUT2D eigenvalue weighted by molar-refractivity contribution is -0.384. The van der Waals surface area contributed by atoms with Crippen molar-refractivity contribution < 1.29 is 9.85 Å². The monoisotopic (exact) mass is 453 g/mol. The Kier molecular flexibility index (Phi) is 5.46. The third-order valence-corrected chi connectivity index (χ3v) is 5.23. The molecule has 0 bridgehead atoms. The van der Waals surface area contributed by atoms with Crippen LogP contribution in [0.15, 0.2) is 78.9 Å². The first-order chi connectivity index (χ1) is 14.9. The molecule has 0 fully saturated rings. The van der Waals surface area contributed by atoms with E-state index in [0.29, 0.717) is 28.2 Å². The van der Waals surface area contributed by atoms with Crippen molar-refractivity contribution in [3.8, 4) is 28.2 Å². The summed E-state index contributed by atoms with van der Waals surface area (Å²) in [6.07, 6.45) is 0. The van der Waals surface area contributed by atoms with Gasteiger partial charge in [0.2, 0.25) is 0 Å². The second-order valence-electron chi connectivity index (χ2n) is 6.61. The van der Waals surface area contributed by atoms with Crippen LogP contribution in [0, 0.1) is 20.2 Å². The summed E-state index contributed by atoms with van der Waals surface area (Å²) >= 11 is 12.0. The molecule has 7 nitrogen and oxygen atoms in total. The summed E-state index contributed by atoms with van der Waals surface area (Å²) in [4.78, 5) is 22.4. The molecule has 0 saturated carbocycles. The standard InChI is InChI=1S/C22H13Cl2N3O4/c23-14-6-8-17(21(12-14)26(28)29)19-10-11-20(25(19)16-4-2-1-3-5-16)18-9-7-15(24)13-22(18)27(30)31/h1-13H. The van der Waals surface area contributed by atoms with Gasteiger partial charge in [0.1, 0.15) is 0 Å². The Morgan fingerprint density at radius 1 is 0.645 bits per heavy atom. The van der Waals surface area contributed by atoms with Crippen LogP contribution >= 0.6 is 23.2 Å². The predicted molar refractivity (Wildman–Crippen MR) is 120 cm³/mol. The van der Waals surface area contributed by atoms with Gasteiger partial charge in [-0.15, -0.1) is 0 Å². The number of aromatic nitrogens is 1. The maximum absolute atomic E-state index is 11.7. The highest BCUT2D eigenvalue weighted by Crippen LogP contribution is 2.40. The molecule has 0 saturated heterocycles. The van der Waals surface area contributed by atoms with Crippen LogP contribution in [0.2, 0.25) is 10.0 Å². The molecular formula is C22H13Cl2N3O4. The van der Waals surface area contributed by atoms with Gasteiger partial charge in [-0.05, 0) is 48.5 Å². The summed E-state index contributed by atoms with van der Waals surface area (Å²) in [5, 5.41) is 23.8. The lowest BCUT2D eigenvalue weighted by atomic mass is 10.1. The Morgan fingerprint density at radius 2 is 1.10 bits per heavy atom. The molecule has 0 N–H and O–H groups in total. The van der Waals surface area contributed by atoms with Gasteiger partial charge in [-0.1, -0.05) is 41.4 Å². The smallest absolute Gasteiger partial charge is 0.280 e. The lowest BCUT2D eigenvalue weighted by Crippen LogP contribution is -2.02. The van der Waals surface area contributed by atoms with Crippen molar-refractivity contribution in [3.63, 3.8) is 0 Å². The number of nitrogens with zero attached hydrogens (tertiary/aromatic N) is 3. The minimum absolute atomic E-state index is 0.167. The van der Waals surface area contributed by atoms with E-state index in [-0.39, 0.29) is 21.4 Å². The number of halogens is 2. The molecule has 0 aliphatic heterocycles. The van der Waals surface area contributed by atoms with Crippen molar-refractivity contribution in [2.24, 2.45) is 0 Å². The first kappa shape index (κ1) is 20.6. The fraction of sp³-hybridized carbons (Fsp3) is 0. The molecule has 0 atom stereocenters. The molecule has 3 aromatic carbocycles. The first-order valence-electron chi connectivity index (χ1n) is 9.02. The van der Waals surface area contributed by atoms with Crippen LogP contribution in [0.3, 0.4) is 0 Å². The fourth-order valence-corrected chi connectivity index (χ4v) is 3.79. The lowest BCUT2D eigenvalue weighted by Gasteiger charge is -2.15. The summed E-state index contributed by atoms with van der Waals surface area (Å²) in [6, 6.07) is 21.3. The van der Waals surface area contributed by atoms with Crippen molar-refractivity contribution in [1.29, 1.82) is 0 Å². The SMILES string of the molecule is O=[N+]([O-])c1cc(Cl)ccc1-c1ccc(-c2ccc(Cl)cc2[N+](=O)[O-])n1-c1ccccc1. The molecule has 4 aromatic rings. The van der Waals surface area contributed by atoms with Crippen molar-refractivity contribution in [1.82, 2.24) is 4.57 Å². The average Bonchev–Trinajstić information content (AvgIpc) is 3.18. The van der Waals surface area contributed by atoms with Gasteiger partial charge in [0.15, 0.2) is 0 Å². The Labute approximate surface area is 186 Å². The molecule has 154 valence electrons. The van der Waals surface area contributed by atoms with Gasteiger partial charge < -0.3 is 4.57 Å². The molecular weight excluding hydrogens is 441 g/mol. The highest BCUT2D eigenvalue weighted by molar-refractivity contribution is 6.31. The number of hydrogen-bond donors (Lipinski definition) is 0. The molecule has 1 heterocycles. The zero-order chi connectivity index (χ0) is 22.1. The summed E-state index contributed by atoms with van der Waals surface area (Å²) in [7, 11) is 0. The highest BCUT2D eigenvalue weighted by Gasteiger charge is 2.25. The number of benzene rings is 3. The Balaban J connectivity index is 2.06. The Morgan fingerprint density at radius 3 is 1.52 bits per heavy atom. The zero-order valence-electron chi connectivity index (χ0n) is 15.7. The summed E-state index contributed by atoms with van der Waals surface area (Å²) in [6.45, 7) is 0. The Bertz CT molecular complexity index is 1240. The highest BCUT2D eigenvalue weighted by atomic mass is 35.5. The topological polar surface area (TPSA) is 91.2 Å². The van der Waals surface area contributed by atoms with E-state index < -0.39 is 9.85 Å². The fourth-order valence-electron chi connectivity index (χ4n) is 3.46. The molecule has 0 unspecified atom stereocenters. The van der Waals surface area contributed by atoms with Gasteiger partial charge in [0.05, 0.1) is 32.4 Å². The van der Waals surface area contributed by atoms with Crippen LogP contribution < -0.4 is 0 Å². The van der Waals surface area contributed by atoms with Crippen LogP contribution in [0.1, 0.15) is 0 Å². The summed E-state index contributed by atoms with van der Waals surface area (Å²) < 4.78 is 1.74. The van der Waals surface area contributed by atoms with E-state index in [1.807, 2.05) is 30.3 Å². The van der Waals surface area contributed by atoms with Gasteiger partial charge >= 0.3 is 0 Å². The van der Waals surface area contributed by atoms with Gasteiger partial charge in [0, 0.05) is 27.9 Å². The van der Waals surface area contributed by atoms with Crippen molar-refractivity contribution in [2.75, 3.05) is 0 Å². The maximum Gasteiger partial charge on any atom is 0.280 e. The van der Waals surface area contributed by atoms with E-state index in [2.05, 4.69) is 0 Å². The first-order valence-corrected chi connectivity index (χ1v) is 9.78. The number of hydrogen-bond acceptors (Lipinski definition) is 4. The second-order valence-corrected chi connectivity index (χ2v) is 7.48. The van der Waals surface area contributed by atoms with Crippen LogP contribution in [-0.2, 0) is 0 Å². The van der Waals surface area contributed by atoms with Crippen LogP contribution in [0.25, 0.3) is 28.2 Å². The molecule has 0 amide bonds. The van der Waals surface area contributed by atoms with E-state index in [4.69, 9.17) is 23.2 Å². The van der Waals surface area contributed by atoms with E-state index in [1.165, 1.54) is 12.1 Å². The molecule has 4 rings (SSSR count). The molecule has 1 aromatic heterocycles. The van der Waals surface area contributed by atoms with Gasteiger partial charge in [-0.3, -0.25) is 20.2 Å². The third kappa shape index (κ3) is 3.88. The third-order valence-electron chi connectivity index (χ3n) is 4.76. The van der Waals surface area contributed by atoms with Gasteiger partial charge in [-0.25, -0.2) is 0 Å². The van der Waals surface area contributed by atoms with Crippen LogP contribution in [0.5, 0.6) is 0 Å². The average molecular weight is 454 g/mol. The maximum atomic E-state index is 11.7. The van der Waals surface area contributed by atoms with Crippen molar-refractivity contribution in [2.45, 2.75) is 0 Å². The molecule has 9 heteroatoms. The van der Waals surface area contributed by atoms with Crippen molar-refractivity contribution in [3.05, 3.63) is 109 Å². The minimum Gasteiger partial charge on any atom is -0.309 e. The summed E-state index contributed by atoms with van der Waals surface area (Å²) in [5.41, 5.74) is 2.01. The number of rotatable bonds is 5. The molecule has 0 spiro atoms. The number of nitro benzene ring substituents is 2. The van der Waals surface area contributed by atoms with Crippen LogP contribution in [0.4, 0.5) is 11.4 Å². The molecule has 0 aliphatic rings. The minimum atomic E-state index is -0.506. The van der Waals surface area contributed by atoms with Crippen LogP contribution in [-0.4, -0.2) is 14.4 Å². The van der Waals surface area contributed by atoms with Gasteiger partial charge in [-0.2, -0.15) is 0 Å². The van der Waals surface area contributed by atoms with E-state index in [9.17, 15) is 20.2 Å². The van der Waals surface area contributed by atoms with E-state index in [1.54, 1.807) is 41.0 Å². The molecule has 0 radical (unpaired) electrons. The Hall–Kier alpha value is -3.68. The zero-order valence-corrected chi connectivity index (χ0v) is 17.2.